The number of nitrogens with one attached hydrogen (secondary N) is 1. The van der Waals surface area contributed by atoms with Gasteiger partial charge >= 0.3 is 0 Å². The van der Waals surface area contributed by atoms with Gasteiger partial charge in [0.2, 0.25) is 10.0 Å². The summed E-state index contributed by atoms with van der Waals surface area (Å²) in [6, 6.07) is 13.2. The van der Waals surface area contributed by atoms with Crippen molar-refractivity contribution in [1.29, 1.82) is 0 Å². The van der Waals surface area contributed by atoms with Gasteiger partial charge in [0.05, 0.1) is 15.9 Å². The smallest absolute Gasteiger partial charge is 0.238 e. The number of rotatable bonds is 8. The van der Waals surface area contributed by atoms with Gasteiger partial charge in [0.15, 0.2) is 0 Å². The maximum atomic E-state index is 11.4. The van der Waals surface area contributed by atoms with E-state index in [1.54, 1.807) is 12.1 Å². The van der Waals surface area contributed by atoms with E-state index in [0.29, 0.717) is 5.92 Å². The molecule has 5 nitrogen and oxygen atoms in total. The molecular formula is C22H29N3O2S2. The number of benzene rings is 2. The van der Waals surface area contributed by atoms with Gasteiger partial charge in [-0.2, -0.15) is 12.6 Å². The summed E-state index contributed by atoms with van der Waals surface area (Å²) in [4.78, 5) is 8.39. The predicted molar refractivity (Wildman–Crippen MR) is 122 cm³/mol. The fraction of sp³-hybridized carbons (Fsp3) is 0.409. The van der Waals surface area contributed by atoms with Crippen molar-refractivity contribution < 1.29 is 8.42 Å². The van der Waals surface area contributed by atoms with Crippen LogP contribution in [0.15, 0.2) is 47.4 Å². The summed E-state index contributed by atoms with van der Waals surface area (Å²) < 4.78 is 22.8. The Balaban J connectivity index is 1.73. The summed E-state index contributed by atoms with van der Waals surface area (Å²) >= 11 is 4.37. The van der Waals surface area contributed by atoms with Crippen LogP contribution >= 0.6 is 12.6 Å². The number of hydrogen-bond donors (Lipinski definition) is 3. The topological polar surface area (TPSA) is 88.8 Å². The molecule has 0 aliphatic carbocycles. The SMILES string of the molecule is CC(CS)Cc1ccc2[nH]c(CC(C)(C)Cc3ccc(S(N)(=O)=O)cc3)nc2c1. The van der Waals surface area contributed by atoms with Crippen molar-refractivity contribution in [1.82, 2.24) is 9.97 Å². The number of hydrogen-bond acceptors (Lipinski definition) is 4. The zero-order valence-electron chi connectivity index (χ0n) is 17.1. The Morgan fingerprint density at radius 2 is 1.76 bits per heavy atom. The summed E-state index contributed by atoms with van der Waals surface area (Å²) in [6.45, 7) is 6.58. The third-order valence-electron chi connectivity index (χ3n) is 5.07. The molecule has 0 saturated carbocycles. The van der Waals surface area contributed by atoms with Crippen LogP contribution in [0, 0.1) is 11.3 Å². The monoisotopic (exact) mass is 431 g/mol. The Bertz CT molecular complexity index is 1090. The van der Waals surface area contributed by atoms with Crippen molar-refractivity contribution in [3.63, 3.8) is 0 Å². The van der Waals surface area contributed by atoms with E-state index < -0.39 is 10.0 Å². The van der Waals surface area contributed by atoms with Crippen LogP contribution in [0.4, 0.5) is 0 Å². The largest absolute Gasteiger partial charge is 0.342 e. The van der Waals surface area contributed by atoms with Crippen molar-refractivity contribution in [3.05, 3.63) is 59.4 Å². The first kappa shape index (κ1) is 21.9. The molecule has 0 aliphatic rings. The molecule has 0 spiro atoms. The first-order chi connectivity index (χ1) is 13.6. The number of primary sulfonamides is 1. The van der Waals surface area contributed by atoms with Crippen LogP contribution in [0.25, 0.3) is 11.0 Å². The quantitative estimate of drug-likeness (QED) is 0.469. The van der Waals surface area contributed by atoms with Crippen LogP contribution < -0.4 is 5.14 Å². The summed E-state index contributed by atoms with van der Waals surface area (Å²) in [5, 5.41) is 5.17. The summed E-state index contributed by atoms with van der Waals surface area (Å²) in [6.07, 6.45) is 2.60. The molecule has 29 heavy (non-hydrogen) atoms. The van der Waals surface area contributed by atoms with E-state index in [1.165, 1.54) is 5.56 Å². The highest BCUT2D eigenvalue weighted by Gasteiger charge is 2.22. The van der Waals surface area contributed by atoms with Gasteiger partial charge < -0.3 is 4.98 Å². The Morgan fingerprint density at radius 3 is 2.38 bits per heavy atom. The Kier molecular flexibility index (Phi) is 6.41. The van der Waals surface area contributed by atoms with Crippen LogP contribution in [0.2, 0.25) is 0 Å². The first-order valence-electron chi connectivity index (χ1n) is 9.76. The molecular weight excluding hydrogens is 402 g/mol. The van der Waals surface area contributed by atoms with Gasteiger partial charge in [-0.3, -0.25) is 0 Å². The normalized spacial score (nSPS) is 13.7. The number of nitrogens with zero attached hydrogens (tertiary/aromatic N) is 1. The van der Waals surface area contributed by atoms with Crippen molar-refractivity contribution in [2.45, 2.75) is 44.9 Å². The number of sulfonamides is 1. The highest BCUT2D eigenvalue weighted by atomic mass is 32.2. The van der Waals surface area contributed by atoms with Crippen molar-refractivity contribution in [2.75, 3.05) is 5.75 Å². The fourth-order valence-electron chi connectivity index (χ4n) is 3.65. The fourth-order valence-corrected chi connectivity index (χ4v) is 4.29. The second-order valence-electron chi connectivity index (χ2n) is 8.73. The maximum Gasteiger partial charge on any atom is 0.238 e. The van der Waals surface area contributed by atoms with E-state index in [2.05, 4.69) is 56.6 Å². The number of fused-ring (bicyclic) bond motifs is 1. The van der Waals surface area contributed by atoms with Gasteiger partial charge in [-0.1, -0.05) is 39.0 Å². The molecule has 3 N–H and O–H groups in total. The van der Waals surface area contributed by atoms with Gasteiger partial charge in [-0.05, 0) is 65.3 Å². The predicted octanol–water partition coefficient (Wildman–Crippen LogP) is 4.13. The number of thiol groups is 1. The summed E-state index contributed by atoms with van der Waals surface area (Å²) in [7, 11) is -3.66. The molecule has 3 aromatic rings. The summed E-state index contributed by atoms with van der Waals surface area (Å²) in [5.74, 6) is 2.37. The lowest BCUT2D eigenvalue weighted by Crippen LogP contribution is -2.19. The van der Waals surface area contributed by atoms with Crippen LogP contribution in [0.1, 0.15) is 37.7 Å². The number of nitrogens with two attached hydrogens (primary N) is 1. The van der Waals surface area contributed by atoms with Gasteiger partial charge in [0, 0.05) is 6.42 Å². The number of H-pyrrole nitrogens is 1. The Labute approximate surface area is 178 Å². The Morgan fingerprint density at radius 1 is 1.10 bits per heavy atom. The van der Waals surface area contributed by atoms with E-state index in [0.717, 1.165) is 47.4 Å². The van der Waals surface area contributed by atoms with Crippen LogP contribution in [0.3, 0.4) is 0 Å². The third kappa shape index (κ3) is 5.84. The lowest BCUT2D eigenvalue weighted by Gasteiger charge is -2.23. The van der Waals surface area contributed by atoms with E-state index in [1.807, 2.05) is 12.1 Å². The molecule has 1 heterocycles. The molecule has 1 atom stereocenters. The molecule has 0 radical (unpaired) electrons. The second-order valence-corrected chi connectivity index (χ2v) is 10.7. The standard InChI is InChI=1S/C22H29N3O2S2/c1-15(14-28)10-17-6-9-19-20(11-17)25-21(24-19)13-22(2,3)12-16-4-7-18(8-5-16)29(23,26)27/h4-9,11,15,28H,10,12-14H2,1-3H3,(H,24,25)(H2,23,26,27). The highest BCUT2D eigenvalue weighted by molar-refractivity contribution is 7.89. The van der Waals surface area contributed by atoms with E-state index >= 15 is 0 Å². The molecule has 7 heteroatoms. The van der Waals surface area contributed by atoms with E-state index in [-0.39, 0.29) is 10.3 Å². The minimum absolute atomic E-state index is 0.0413. The molecule has 1 aromatic heterocycles. The van der Waals surface area contributed by atoms with Crippen LogP contribution in [0.5, 0.6) is 0 Å². The van der Waals surface area contributed by atoms with Crippen molar-refractivity contribution in [2.24, 2.45) is 16.5 Å². The zero-order valence-corrected chi connectivity index (χ0v) is 18.9. The Hall–Kier alpha value is -1.83. The molecule has 2 aromatic carbocycles. The van der Waals surface area contributed by atoms with Crippen molar-refractivity contribution in [3.8, 4) is 0 Å². The highest BCUT2D eigenvalue weighted by Crippen LogP contribution is 2.27. The zero-order chi connectivity index (χ0) is 21.2. The minimum Gasteiger partial charge on any atom is -0.342 e. The molecule has 3 rings (SSSR count). The van der Waals surface area contributed by atoms with E-state index in [9.17, 15) is 8.42 Å². The average Bonchev–Trinajstić information content (AvgIpc) is 3.01. The van der Waals surface area contributed by atoms with E-state index in [4.69, 9.17) is 10.1 Å². The second kappa shape index (κ2) is 8.50. The lowest BCUT2D eigenvalue weighted by atomic mass is 9.82. The molecule has 156 valence electrons. The molecule has 0 amide bonds. The first-order valence-corrected chi connectivity index (χ1v) is 11.9. The van der Waals surface area contributed by atoms with Gasteiger partial charge in [-0.15, -0.1) is 0 Å². The minimum atomic E-state index is -3.66. The number of imidazole rings is 1. The van der Waals surface area contributed by atoms with Gasteiger partial charge in [0.25, 0.3) is 0 Å². The molecule has 0 bridgehead atoms. The summed E-state index contributed by atoms with van der Waals surface area (Å²) in [5.41, 5.74) is 4.36. The molecule has 0 saturated heterocycles. The molecule has 0 fully saturated rings. The molecule has 0 aliphatic heterocycles. The average molecular weight is 432 g/mol. The maximum absolute atomic E-state index is 11.4. The van der Waals surface area contributed by atoms with Gasteiger partial charge in [0.1, 0.15) is 5.82 Å². The third-order valence-corrected chi connectivity index (χ3v) is 6.63. The number of aromatic nitrogens is 2. The van der Waals surface area contributed by atoms with Crippen molar-refractivity contribution >= 4 is 33.7 Å². The molecule has 1 unspecified atom stereocenters. The lowest BCUT2D eigenvalue weighted by molar-refractivity contribution is 0.354. The van der Waals surface area contributed by atoms with Crippen LogP contribution in [-0.2, 0) is 29.3 Å². The van der Waals surface area contributed by atoms with Crippen LogP contribution in [-0.4, -0.2) is 24.1 Å². The number of aromatic amines is 1. The van der Waals surface area contributed by atoms with Gasteiger partial charge in [-0.25, -0.2) is 18.5 Å².